The van der Waals surface area contributed by atoms with E-state index in [4.69, 9.17) is 4.84 Å². The number of nitrogens with zero attached hydrogens (tertiary/aromatic N) is 3. The highest BCUT2D eigenvalue weighted by atomic mass is 16.7. The number of hydrogen-bond acceptors (Lipinski definition) is 4. The fraction of sp³-hybridized carbons (Fsp3) is 0.882. The maximum Gasteiger partial charge on any atom is 0.243 e. The van der Waals surface area contributed by atoms with Gasteiger partial charge in [-0.25, -0.2) is 0 Å². The topological polar surface area (TPSA) is 56.6 Å². The number of amides is 1. The number of likely N-dealkylation sites (N-methyl/N-ethyl adjacent to an activating group) is 1. The van der Waals surface area contributed by atoms with E-state index in [2.05, 4.69) is 26.8 Å². The zero-order valence-corrected chi connectivity index (χ0v) is 14.3. The van der Waals surface area contributed by atoms with E-state index < -0.39 is 5.60 Å². The monoisotopic (exact) mass is 305 g/mol. The Labute approximate surface area is 133 Å². The van der Waals surface area contributed by atoms with Gasteiger partial charge >= 0.3 is 0 Å². The summed E-state index contributed by atoms with van der Waals surface area (Å²) in [6.45, 7) is 8.51. The quantitative estimate of drug-likeness (QED) is 0.747. The van der Waals surface area contributed by atoms with Gasteiger partial charge in [-0.05, 0) is 31.6 Å². The molecule has 3 rings (SSSR count). The Kier molecular flexibility index (Phi) is 3.54. The number of fused-ring (bicyclic) bond motifs is 2. The van der Waals surface area contributed by atoms with Crippen molar-refractivity contribution in [3.63, 3.8) is 0 Å². The van der Waals surface area contributed by atoms with Gasteiger partial charge in [0.05, 0.1) is 6.07 Å². The number of carbonyl (C=O) groups excluding carboxylic acids is 1. The summed E-state index contributed by atoms with van der Waals surface area (Å²) in [6, 6.07) is 1.94. The number of hydrogen-bond donors (Lipinski definition) is 0. The van der Waals surface area contributed by atoms with E-state index in [9.17, 15) is 10.1 Å². The van der Waals surface area contributed by atoms with Gasteiger partial charge in [0.15, 0.2) is 5.60 Å². The summed E-state index contributed by atoms with van der Waals surface area (Å²) in [6.07, 6.45) is 3.69. The molecule has 22 heavy (non-hydrogen) atoms. The molecule has 5 nitrogen and oxygen atoms in total. The Morgan fingerprint density at radius 2 is 2.05 bits per heavy atom. The largest absolute Gasteiger partial charge is 0.323 e. The molecule has 0 radical (unpaired) electrons. The first-order valence-corrected chi connectivity index (χ1v) is 8.42. The minimum atomic E-state index is -0.878. The normalized spacial score (nSPS) is 45.6. The fourth-order valence-electron chi connectivity index (χ4n) is 4.90. The summed E-state index contributed by atoms with van der Waals surface area (Å²) < 4.78 is 0. The van der Waals surface area contributed by atoms with Crippen LogP contribution in [0.2, 0.25) is 0 Å². The molecule has 0 bridgehead atoms. The molecule has 0 unspecified atom stereocenters. The van der Waals surface area contributed by atoms with Crippen LogP contribution < -0.4 is 0 Å². The number of rotatable bonds is 1. The van der Waals surface area contributed by atoms with E-state index in [0.717, 1.165) is 12.8 Å². The molecule has 122 valence electrons. The van der Waals surface area contributed by atoms with Crippen LogP contribution in [-0.2, 0) is 9.63 Å². The molecule has 1 spiro atoms. The second-order valence-electron chi connectivity index (χ2n) is 7.99. The molecule has 3 aliphatic rings. The van der Waals surface area contributed by atoms with E-state index in [1.54, 1.807) is 6.92 Å². The minimum absolute atomic E-state index is 0.110. The molecule has 1 aliphatic carbocycles. The molecular weight excluding hydrogens is 278 g/mol. The van der Waals surface area contributed by atoms with Gasteiger partial charge < -0.3 is 4.90 Å². The molecular formula is C17H27N3O2. The standard InChI is InChI=1S/C17H27N3O2/c1-11(2)13-7-6-12(3)8-17(13)19(5)15(21)14-9-16(4,10-18)22-20(14)17/h11-14H,6-9H2,1-5H3/t12-,13+,14+,16+,17+/m1/s1. The van der Waals surface area contributed by atoms with Gasteiger partial charge in [-0.1, -0.05) is 27.2 Å². The van der Waals surface area contributed by atoms with E-state index in [0.29, 0.717) is 24.2 Å². The molecule has 3 fully saturated rings. The predicted octanol–water partition coefficient (Wildman–Crippen LogP) is 2.54. The van der Waals surface area contributed by atoms with E-state index >= 15 is 0 Å². The highest BCUT2D eigenvalue weighted by molar-refractivity contribution is 5.85. The molecule has 2 aliphatic heterocycles. The van der Waals surface area contributed by atoms with Crippen molar-refractivity contribution in [2.75, 3.05) is 7.05 Å². The van der Waals surface area contributed by atoms with Gasteiger partial charge in [0, 0.05) is 19.4 Å². The van der Waals surface area contributed by atoms with Crippen molar-refractivity contribution < 1.29 is 9.63 Å². The van der Waals surface area contributed by atoms with Crippen LogP contribution in [0.4, 0.5) is 0 Å². The number of carbonyl (C=O) groups is 1. The third-order valence-electron chi connectivity index (χ3n) is 6.00. The Balaban J connectivity index is 2.06. The van der Waals surface area contributed by atoms with Crippen molar-refractivity contribution in [1.82, 2.24) is 9.96 Å². The number of hydroxylamine groups is 2. The SMILES string of the molecule is CC(C)[C@@H]1CC[C@@H](C)C[C@@]12N(C)C(=O)[C@@H]1C[C@@](C)(C#N)ON12. The molecule has 1 saturated carbocycles. The van der Waals surface area contributed by atoms with Crippen LogP contribution in [0.15, 0.2) is 0 Å². The van der Waals surface area contributed by atoms with Gasteiger partial charge in [-0.3, -0.25) is 9.63 Å². The van der Waals surface area contributed by atoms with Crippen LogP contribution >= 0.6 is 0 Å². The Hall–Kier alpha value is -1.12. The van der Waals surface area contributed by atoms with Crippen molar-refractivity contribution in [3.8, 4) is 6.07 Å². The van der Waals surface area contributed by atoms with Crippen molar-refractivity contribution in [2.45, 2.75) is 70.7 Å². The van der Waals surface area contributed by atoms with E-state index in [1.807, 2.05) is 17.0 Å². The fourth-order valence-corrected chi connectivity index (χ4v) is 4.90. The lowest BCUT2D eigenvalue weighted by Crippen LogP contribution is -2.62. The zero-order valence-electron chi connectivity index (χ0n) is 14.3. The average molecular weight is 305 g/mol. The van der Waals surface area contributed by atoms with Crippen LogP contribution in [0.3, 0.4) is 0 Å². The Morgan fingerprint density at radius 3 is 2.64 bits per heavy atom. The third-order valence-corrected chi connectivity index (χ3v) is 6.00. The Bertz CT molecular complexity index is 528. The maximum absolute atomic E-state index is 12.8. The summed E-state index contributed by atoms with van der Waals surface area (Å²) in [7, 11) is 1.92. The molecule has 0 N–H and O–H groups in total. The van der Waals surface area contributed by atoms with Gasteiger partial charge in [-0.2, -0.15) is 5.26 Å². The highest BCUT2D eigenvalue weighted by Crippen LogP contribution is 2.54. The molecule has 2 saturated heterocycles. The van der Waals surface area contributed by atoms with Crippen LogP contribution in [0, 0.1) is 29.1 Å². The number of nitriles is 1. The predicted molar refractivity (Wildman–Crippen MR) is 82.2 cm³/mol. The second-order valence-corrected chi connectivity index (χ2v) is 7.99. The van der Waals surface area contributed by atoms with Crippen molar-refractivity contribution in [1.29, 1.82) is 5.26 Å². The van der Waals surface area contributed by atoms with Crippen molar-refractivity contribution in [2.24, 2.45) is 17.8 Å². The van der Waals surface area contributed by atoms with E-state index in [-0.39, 0.29) is 17.6 Å². The van der Waals surface area contributed by atoms with Crippen molar-refractivity contribution >= 4 is 5.91 Å². The summed E-state index contributed by atoms with van der Waals surface area (Å²) in [5, 5.41) is 11.3. The van der Waals surface area contributed by atoms with Crippen LogP contribution in [-0.4, -0.2) is 40.2 Å². The van der Waals surface area contributed by atoms with Crippen LogP contribution in [0.25, 0.3) is 0 Å². The summed E-state index contributed by atoms with van der Waals surface area (Å²) in [4.78, 5) is 20.9. The third kappa shape index (κ3) is 1.93. The highest BCUT2D eigenvalue weighted by Gasteiger charge is 2.66. The average Bonchev–Trinajstić information content (AvgIpc) is 2.90. The zero-order chi connectivity index (χ0) is 16.3. The van der Waals surface area contributed by atoms with Gasteiger partial charge in [0.25, 0.3) is 0 Å². The van der Waals surface area contributed by atoms with Gasteiger partial charge in [0.2, 0.25) is 5.91 Å². The minimum Gasteiger partial charge on any atom is -0.323 e. The molecule has 1 amide bonds. The molecule has 2 heterocycles. The Morgan fingerprint density at radius 1 is 1.36 bits per heavy atom. The smallest absolute Gasteiger partial charge is 0.243 e. The maximum atomic E-state index is 12.8. The second kappa shape index (κ2) is 4.94. The summed E-state index contributed by atoms with van der Waals surface area (Å²) in [5.74, 6) is 1.52. The summed E-state index contributed by atoms with van der Waals surface area (Å²) >= 11 is 0. The lowest BCUT2D eigenvalue weighted by atomic mass is 9.69. The first-order valence-electron chi connectivity index (χ1n) is 8.42. The van der Waals surface area contributed by atoms with Crippen LogP contribution in [0.5, 0.6) is 0 Å². The van der Waals surface area contributed by atoms with Crippen molar-refractivity contribution in [3.05, 3.63) is 0 Å². The first kappa shape index (κ1) is 15.8. The lowest BCUT2D eigenvalue weighted by molar-refractivity contribution is -0.275. The van der Waals surface area contributed by atoms with Gasteiger partial charge in [0.1, 0.15) is 11.7 Å². The van der Waals surface area contributed by atoms with Crippen LogP contribution in [0.1, 0.15) is 53.4 Å². The molecule has 5 heteroatoms. The first-order chi connectivity index (χ1) is 10.2. The van der Waals surface area contributed by atoms with E-state index in [1.165, 1.54) is 6.42 Å². The van der Waals surface area contributed by atoms with Gasteiger partial charge in [-0.15, -0.1) is 5.06 Å². The molecule has 0 aromatic rings. The molecule has 0 aromatic heterocycles. The lowest BCUT2D eigenvalue weighted by Gasteiger charge is -2.52. The molecule has 0 aromatic carbocycles. The molecule has 5 atom stereocenters. The summed E-state index contributed by atoms with van der Waals surface area (Å²) in [5.41, 5.74) is -1.26.